The largest absolute Gasteiger partial charge is 0.481 e. The Balaban J connectivity index is -0.000000454. The van der Waals surface area contributed by atoms with Gasteiger partial charge in [0, 0.05) is 19.3 Å². The van der Waals surface area contributed by atoms with E-state index in [1.165, 1.54) is 289 Å². The Labute approximate surface area is 448 Å². The Morgan fingerprint density at radius 3 is 0.431 bits per heavy atom. The number of carboxylic acid groups (broad SMARTS) is 3. The number of hydrogen-bond donors (Lipinski definition) is 6. The third kappa shape index (κ3) is 88.0. The number of carboxylic acids is 3. The highest BCUT2D eigenvalue weighted by molar-refractivity contribution is 5.67. The minimum Gasteiger partial charge on any atom is -0.481 e. The molecular formula is C63H128O9. The van der Waals surface area contributed by atoms with Gasteiger partial charge in [0.15, 0.2) is 0 Å². The van der Waals surface area contributed by atoms with Gasteiger partial charge in [0.25, 0.3) is 0 Å². The highest BCUT2D eigenvalue weighted by Crippen LogP contribution is 2.17. The molecule has 0 aromatic carbocycles. The van der Waals surface area contributed by atoms with Crippen molar-refractivity contribution in [2.75, 3.05) is 13.2 Å². The summed E-state index contributed by atoms with van der Waals surface area (Å²) < 4.78 is 0. The van der Waals surface area contributed by atoms with Gasteiger partial charge in [-0.05, 0) is 19.3 Å². The molecule has 0 bridgehead atoms. The summed E-state index contributed by atoms with van der Waals surface area (Å²) in [6.07, 6.45) is 68.5. The van der Waals surface area contributed by atoms with Crippen LogP contribution in [0.5, 0.6) is 0 Å². The molecule has 0 saturated heterocycles. The van der Waals surface area contributed by atoms with Crippen molar-refractivity contribution < 1.29 is 45.0 Å². The van der Waals surface area contributed by atoms with Crippen molar-refractivity contribution in [1.29, 1.82) is 0 Å². The summed E-state index contributed by atoms with van der Waals surface area (Å²) in [5.41, 5.74) is 0. The third-order valence-corrected chi connectivity index (χ3v) is 13.9. The first-order valence-corrected chi connectivity index (χ1v) is 31.7. The van der Waals surface area contributed by atoms with E-state index in [1.807, 2.05) is 0 Å². The van der Waals surface area contributed by atoms with Crippen LogP contribution in [0, 0.1) is 0 Å². The van der Waals surface area contributed by atoms with E-state index in [0.29, 0.717) is 19.3 Å². The Kier molecular flexibility index (Phi) is 78.4. The molecule has 0 saturated carbocycles. The number of carbonyl (C=O) groups is 3. The number of aliphatic hydroxyl groups is 3. The van der Waals surface area contributed by atoms with Gasteiger partial charge in [-0.1, -0.05) is 329 Å². The zero-order chi connectivity index (χ0) is 53.9. The summed E-state index contributed by atoms with van der Waals surface area (Å²) in [6.45, 7) is 6.10. The maximum Gasteiger partial charge on any atom is 0.303 e. The monoisotopic (exact) mass is 1030 g/mol. The van der Waals surface area contributed by atoms with Gasteiger partial charge in [0.05, 0.1) is 13.2 Å². The van der Waals surface area contributed by atoms with Gasteiger partial charge in [-0.25, -0.2) is 0 Å². The molecule has 0 atom stereocenters. The SMILES string of the molecule is CCCCCCCCCCCCCCCCCCCC(=O)O.CCCCCCCCCCCCCCCCCCCC(=O)O.CCCCCCCCCCCCCCCCCCCC(=O)O.OCC(O)CO. The van der Waals surface area contributed by atoms with Crippen molar-refractivity contribution >= 4 is 17.9 Å². The molecule has 9 nitrogen and oxygen atoms in total. The zero-order valence-corrected chi connectivity index (χ0v) is 48.6. The van der Waals surface area contributed by atoms with Gasteiger partial charge in [-0.3, -0.25) is 14.4 Å². The van der Waals surface area contributed by atoms with E-state index in [-0.39, 0.29) is 13.2 Å². The third-order valence-electron chi connectivity index (χ3n) is 13.9. The molecule has 0 unspecified atom stereocenters. The molecule has 9 heteroatoms. The average Bonchev–Trinajstić information content (AvgIpc) is 3.36. The van der Waals surface area contributed by atoms with Crippen LogP contribution < -0.4 is 0 Å². The van der Waals surface area contributed by atoms with Crippen molar-refractivity contribution in [3.8, 4) is 0 Å². The van der Waals surface area contributed by atoms with Gasteiger partial charge >= 0.3 is 17.9 Å². The number of unbranched alkanes of at least 4 members (excludes halogenated alkanes) is 48. The summed E-state index contributed by atoms with van der Waals surface area (Å²) in [7, 11) is 0. The summed E-state index contributed by atoms with van der Waals surface area (Å²) in [5, 5.41) is 49.6. The standard InChI is InChI=1S/3C20H40O2.C3H8O3/c3*1-2-3-4-5-6-7-8-9-10-11-12-13-14-15-16-17-18-19-20(21)22;4-1-3(6)2-5/h3*2-19H2,1H3,(H,21,22);3-6H,1-2H2. The summed E-state index contributed by atoms with van der Waals surface area (Å²) in [5.74, 6) is -1.96. The lowest BCUT2D eigenvalue weighted by Crippen LogP contribution is -2.15. The van der Waals surface area contributed by atoms with Crippen LogP contribution in [0.3, 0.4) is 0 Å². The molecular weight excluding hydrogens is 901 g/mol. The molecule has 0 aromatic rings. The lowest BCUT2D eigenvalue weighted by molar-refractivity contribution is -0.138. The van der Waals surface area contributed by atoms with Crippen molar-refractivity contribution in [3.63, 3.8) is 0 Å². The minimum absolute atomic E-state index is 0.346. The van der Waals surface area contributed by atoms with Crippen LogP contribution in [0.1, 0.15) is 367 Å². The fourth-order valence-corrected chi connectivity index (χ4v) is 9.06. The van der Waals surface area contributed by atoms with E-state index in [0.717, 1.165) is 38.5 Å². The molecule has 72 heavy (non-hydrogen) atoms. The molecule has 0 aliphatic carbocycles. The second-order valence-electron chi connectivity index (χ2n) is 21.4. The fraction of sp³-hybridized carbons (Fsp3) is 0.952. The Morgan fingerprint density at radius 1 is 0.236 bits per heavy atom. The number of aliphatic hydroxyl groups excluding tert-OH is 3. The van der Waals surface area contributed by atoms with E-state index in [2.05, 4.69) is 20.8 Å². The van der Waals surface area contributed by atoms with Crippen LogP contribution in [-0.4, -0.2) is 67.9 Å². The molecule has 0 aromatic heterocycles. The first kappa shape index (κ1) is 76.8. The minimum atomic E-state index is -0.954. The van der Waals surface area contributed by atoms with E-state index in [4.69, 9.17) is 30.6 Å². The lowest BCUT2D eigenvalue weighted by Gasteiger charge is -2.03. The number of rotatable bonds is 56. The molecule has 0 heterocycles. The van der Waals surface area contributed by atoms with Crippen molar-refractivity contribution in [1.82, 2.24) is 0 Å². The van der Waals surface area contributed by atoms with E-state index >= 15 is 0 Å². The first-order chi connectivity index (χ1) is 35.1. The lowest BCUT2D eigenvalue weighted by atomic mass is 10.0. The molecule has 0 amide bonds. The maximum atomic E-state index is 10.4. The van der Waals surface area contributed by atoms with Gasteiger partial charge < -0.3 is 30.6 Å². The van der Waals surface area contributed by atoms with Crippen LogP contribution in [0.25, 0.3) is 0 Å². The van der Waals surface area contributed by atoms with Gasteiger partial charge in [0.1, 0.15) is 6.10 Å². The van der Waals surface area contributed by atoms with E-state index in [1.54, 1.807) is 0 Å². The predicted octanol–water partition coefficient (Wildman–Crippen LogP) is 19.7. The summed E-state index contributed by atoms with van der Waals surface area (Å²) in [6, 6.07) is 0. The van der Waals surface area contributed by atoms with Crippen LogP contribution >= 0.6 is 0 Å². The van der Waals surface area contributed by atoms with Crippen LogP contribution in [-0.2, 0) is 14.4 Å². The van der Waals surface area contributed by atoms with E-state index < -0.39 is 24.0 Å². The van der Waals surface area contributed by atoms with E-state index in [9.17, 15) is 14.4 Å². The van der Waals surface area contributed by atoms with Gasteiger partial charge in [0.2, 0.25) is 0 Å². The second-order valence-corrected chi connectivity index (χ2v) is 21.4. The molecule has 0 aliphatic rings. The van der Waals surface area contributed by atoms with Crippen LogP contribution in [0.4, 0.5) is 0 Å². The molecule has 434 valence electrons. The summed E-state index contributed by atoms with van der Waals surface area (Å²) >= 11 is 0. The highest BCUT2D eigenvalue weighted by Gasteiger charge is 2.01. The number of aliphatic carboxylic acids is 3. The summed E-state index contributed by atoms with van der Waals surface area (Å²) in [4.78, 5) is 31.1. The highest BCUT2D eigenvalue weighted by atomic mass is 16.4. The Morgan fingerprint density at radius 2 is 0.347 bits per heavy atom. The fourth-order valence-electron chi connectivity index (χ4n) is 9.06. The Hall–Kier alpha value is -1.71. The molecule has 0 rings (SSSR count). The quantitative estimate of drug-likeness (QED) is 0.0324. The number of hydrogen-bond acceptors (Lipinski definition) is 6. The van der Waals surface area contributed by atoms with Crippen LogP contribution in [0.2, 0.25) is 0 Å². The van der Waals surface area contributed by atoms with Gasteiger partial charge in [-0.15, -0.1) is 0 Å². The maximum absolute atomic E-state index is 10.4. The smallest absolute Gasteiger partial charge is 0.303 e. The van der Waals surface area contributed by atoms with Crippen LogP contribution in [0.15, 0.2) is 0 Å². The topological polar surface area (TPSA) is 173 Å². The Bertz CT molecular complexity index is 874. The molecule has 0 aliphatic heterocycles. The molecule has 0 fully saturated rings. The zero-order valence-electron chi connectivity index (χ0n) is 48.6. The normalized spacial score (nSPS) is 10.9. The second kappa shape index (κ2) is 73.5. The molecule has 0 spiro atoms. The van der Waals surface area contributed by atoms with Crippen molar-refractivity contribution in [2.45, 2.75) is 374 Å². The van der Waals surface area contributed by atoms with Crippen molar-refractivity contribution in [2.24, 2.45) is 0 Å². The predicted molar refractivity (Wildman–Crippen MR) is 309 cm³/mol. The molecule has 6 N–H and O–H groups in total. The van der Waals surface area contributed by atoms with Crippen molar-refractivity contribution in [3.05, 3.63) is 0 Å². The first-order valence-electron chi connectivity index (χ1n) is 31.7. The molecule has 0 radical (unpaired) electrons. The average molecular weight is 1030 g/mol. The van der Waals surface area contributed by atoms with Gasteiger partial charge in [-0.2, -0.15) is 0 Å².